The molecule has 0 aliphatic heterocycles. The van der Waals surface area contributed by atoms with Crippen LogP contribution in [0.25, 0.3) is 0 Å². The fraction of sp³-hybridized carbons (Fsp3) is 0.982. The van der Waals surface area contributed by atoms with Crippen LogP contribution >= 0.6 is 0 Å². The number of aliphatic hydroxyl groups is 4. The number of aliphatic hydroxyl groups excluding tert-OH is 4. The fourth-order valence-corrected chi connectivity index (χ4v) is 9.17. The highest BCUT2D eigenvalue weighted by atomic mass is 16.3. The second kappa shape index (κ2) is 50.3. The molecular weight excluding hydrogens is 755 g/mol. The van der Waals surface area contributed by atoms with Crippen molar-refractivity contribution in [3.8, 4) is 0 Å². The molecule has 0 rings (SSSR count). The Morgan fingerprint density at radius 2 is 0.557 bits per heavy atom. The number of carbonyl (C=O) groups excluding carboxylic acids is 1. The maximum Gasteiger partial charge on any atom is 0.249 e. The summed E-state index contributed by atoms with van der Waals surface area (Å²) < 4.78 is 0. The van der Waals surface area contributed by atoms with Crippen LogP contribution in [0.15, 0.2) is 0 Å². The number of hydrogen-bond acceptors (Lipinski definition) is 5. The third kappa shape index (κ3) is 44.3. The maximum atomic E-state index is 12.6. The zero-order chi connectivity index (χ0) is 44.5. The lowest BCUT2D eigenvalue weighted by atomic mass is 9.99. The van der Waals surface area contributed by atoms with Crippen molar-refractivity contribution < 1.29 is 25.2 Å². The predicted molar refractivity (Wildman–Crippen MR) is 265 cm³/mol. The summed E-state index contributed by atoms with van der Waals surface area (Å²) in [4.78, 5) is 12.6. The minimum absolute atomic E-state index is 0.376. The summed E-state index contributed by atoms with van der Waals surface area (Å²) >= 11 is 0. The summed E-state index contributed by atoms with van der Waals surface area (Å²) in [5.74, 6) is -0.575. The summed E-state index contributed by atoms with van der Waals surface area (Å²) in [6, 6.07) is -0.980. The van der Waals surface area contributed by atoms with E-state index in [0.717, 1.165) is 38.5 Å². The predicted octanol–water partition coefficient (Wildman–Crippen LogP) is 15.9. The van der Waals surface area contributed by atoms with E-state index in [4.69, 9.17) is 0 Å². The first kappa shape index (κ1) is 60.3. The summed E-state index contributed by atoms with van der Waals surface area (Å²) in [5, 5.41) is 44.0. The normalized spacial score (nSPS) is 13.7. The van der Waals surface area contributed by atoms with Crippen molar-refractivity contribution in [1.82, 2.24) is 5.32 Å². The molecule has 0 radical (unpaired) electrons. The highest BCUT2D eigenvalue weighted by Crippen LogP contribution is 2.19. The molecule has 366 valence electrons. The number of unbranched alkanes of at least 4 members (excludes halogenated alkanes) is 43. The average molecular weight is 866 g/mol. The minimum Gasteiger partial charge on any atom is -0.394 e. The SMILES string of the molecule is CCCCCCCCCCCCCCCCCCCCCCCCCCC(O)C(=O)NC(CO)C(O)C(O)CCCCCCCCCCCCCCCCCCCCCCC. The molecule has 6 nitrogen and oxygen atoms in total. The smallest absolute Gasteiger partial charge is 0.249 e. The van der Waals surface area contributed by atoms with Crippen molar-refractivity contribution in [2.45, 2.75) is 340 Å². The molecule has 0 spiro atoms. The molecule has 0 aromatic heterocycles. The van der Waals surface area contributed by atoms with Crippen molar-refractivity contribution in [1.29, 1.82) is 0 Å². The number of carbonyl (C=O) groups is 1. The molecule has 0 heterocycles. The first-order valence-electron chi connectivity index (χ1n) is 27.9. The van der Waals surface area contributed by atoms with Crippen LogP contribution in [0.4, 0.5) is 0 Å². The lowest BCUT2D eigenvalue weighted by Crippen LogP contribution is -2.53. The van der Waals surface area contributed by atoms with Crippen LogP contribution in [-0.2, 0) is 4.79 Å². The van der Waals surface area contributed by atoms with E-state index in [1.807, 2.05) is 0 Å². The van der Waals surface area contributed by atoms with Gasteiger partial charge in [0.2, 0.25) is 5.91 Å². The monoisotopic (exact) mass is 866 g/mol. The van der Waals surface area contributed by atoms with E-state index < -0.39 is 36.9 Å². The summed E-state index contributed by atoms with van der Waals surface area (Å²) in [6.07, 6.45) is 57.4. The van der Waals surface area contributed by atoms with Gasteiger partial charge in [-0.3, -0.25) is 4.79 Å². The number of rotatable bonds is 52. The maximum absolute atomic E-state index is 12.6. The Hall–Kier alpha value is -0.690. The number of amides is 1. The quantitative estimate of drug-likeness (QED) is 0.0391. The number of nitrogens with one attached hydrogen (secondary N) is 1. The molecule has 0 aliphatic rings. The van der Waals surface area contributed by atoms with E-state index in [0.29, 0.717) is 12.8 Å². The fourth-order valence-electron chi connectivity index (χ4n) is 9.17. The van der Waals surface area contributed by atoms with Gasteiger partial charge < -0.3 is 25.7 Å². The van der Waals surface area contributed by atoms with Gasteiger partial charge in [0, 0.05) is 0 Å². The molecule has 0 bridgehead atoms. The third-order valence-corrected chi connectivity index (χ3v) is 13.6. The van der Waals surface area contributed by atoms with Gasteiger partial charge in [-0.25, -0.2) is 0 Å². The van der Waals surface area contributed by atoms with Crippen LogP contribution in [-0.4, -0.2) is 57.3 Å². The van der Waals surface area contributed by atoms with Gasteiger partial charge >= 0.3 is 0 Å². The van der Waals surface area contributed by atoms with Gasteiger partial charge in [0.05, 0.1) is 18.8 Å². The Morgan fingerprint density at radius 3 is 0.787 bits per heavy atom. The van der Waals surface area contributed by atoms with Gasteiger partial charge in [-0.15, -0.1) is 0 Å². The van der Waals surface area contributed by atoms with Crippen LogP contribution in [0.1, 0.15) is 316 Å². The molecular formula is C55H111NO5. The molecule has 0 aliphatic carbocycles. The Kier molecular flexibility index (Phi) is 49.7. The van der Waals surface area contributed by atoms with Crippen molar-refractivity contribution in [2.75, 3.05) is 6.61 Å². The second-order valence-electron chi connectivity index (χ2n) is 19.7. The molecule has 4 atom stereocenters. The van der Waals surface area contributed by atoms with E-state index in [1.165, 1.54) is 250 Å². The van der Waals surface area contributed by atoms with Crippen LogP contribution in [0.3, 0.4) is 0 Å². The largest absolute Gasteiger partial charge is 0.394 e. The van der Waals surface area contributed by atoms with E-state index >= 15 is 0 Å². The van der Waals surface area contributed by atoms with E-state index in [-0.39, 0.29) is 0 Å². The average Bonchev–Trinajstić information content (AvgIpc) is 3.26. The van der Waals surface area contributed by atoms with Gasteiger partial charge in [-0.1, -0.05) is 303 Å². The Balaban J connectivity index is 3.59. The lowest BCUT2D eigenvalue weighted by Gasteiger charge is -2.27. The van der Waals surface area contributed by atoms with Crippen molar-refractivity contribution in [2.24, 2.45) is 0 Å². The first-order chi connectivity index (χ1) is 30.0. The second-order valence-corrected chi connectivity index (χ2v) is 19.7. The van der Waals surface area contributed by atoms with Crippen LogP contribution in [0.2, 0.25) is 0 Å². The molecule has 0 fully saturated rings. The first-order valence-corrected chi connectivity index (χ1v) is 27.9. The third-order valence-electron chi connectivity index (χ3n) is 13.6. The van der Waals surface area contributed by atoms with Crippen LogP contribution in [0.5, 0.6) is 0 Å². The Labute approximate surface area is 381 Å². The van der Waals surface area contributed by atoms with Gasteiger partial charge in [-0.05, 0) is 12.8 Å². The highest BCUT2D eigenvalue weighted by Gasteiger charge is 2.28. The van der Waals surface area contributed by atoms with Crippen LogP contribution < -0.4 is 5.32 Å². The molecule has 0 saturated carbocycles. The summed E-state index contributed by atoms with van der Waals surface area (Å²) in [6.45, 7) is 4.10. The zero-order valence-electron chi connectivity index (χ0n) is 41.4. The molecule has 0 saturated heterocycles. The molecule has 4 unspecified atom stereocenters. The highest BCUT2D eigenvalue weighted by molar-refractivity contribution is 5.80. The van der Waals surface area contributed by atoms with Crippen LogP contribution in [0, 0.1) is 0 Å². The molecule has 61 heavy (non-hydrogen) atoms. The molecule has 0 aromatic rings. The van der Waals surface area contributed by atoms with Crippen molar-refractivity contribution >= 4 is 5.91 Å². The van der Waals surface area contributed by atoms with Crippen molar-refractivity contribution in [3.05, 3.63) is 0 Å². The summed E-state index contributed by atoms with van der Waals surface area (Å²) in [5.41, 5.74) is 0. The van der Waals surface area contributed by atoms with E-state index in [1.54, 1.807) is 0 Å². The van der Waals surface area contributed by atoms with Gasteiger partial charge in [-0.2, -0.15) is 0 Å². The molecule has 0 aromatic carbocycles. The minimum atomic E-state index is -1.25. The van der Waals surface area contributed by atoms with E-state index in [2.05, 4.69) is 19.2 Å². The molecule has 5 N–H and O–H groups in total. The van der Waals surface area contributed by atoms with Gasteiger partial charge in [0.1, 0.15) is 12.2 Å². The lowest BCUT2D eigenvalue weighted by molar-refractivity contribution is -0.132. The van der Waals surface area contributed by atoms with E-state index in [9.17, 15) is 25.2 Å². The molecule has 6 heteroatoms. The number of hydrogen-bond donors (Lipinski definition) is 5. The summed E-state index contributed by atoms with van der Waals surface area (Å²) in [7, 11) is 0. The van der Waals surface area contributed by atoms with Crippen molar-refractivity contribution in [3.63, 3.8) is 0 Å². The van der Waals surface area contributed by atoms with Gasteiger partial charge in [0.25, 0.3) is 0 Å². The zero-order valence-corrected chi connectivity index (χ0v) is 41.4. The Bertz CT molecular complexity index is 841. The standard InChI is InChI=1S/C55H111NO5/c1-3-5-7-9-11-13-15-17-19-21-23-25-26-27-29-31-33-35-37-39-41-43-45-47-49-53(59)55(61)56-51(50-57)54(60)52(58)48-46-44-42-40-38-36-34-32-30-28-24-22-20-18-16-14-12-10-8-6-4-2/h51-54,57-60H,3-50H2,1-2H3,(H,56,61). The topological polar surface area (TPSA) is 110 Å². The molecule has 1 amide bonds. The van der Waals surface area contributed by atoms with Gasteiger partial charge in [0.15, 0.2) is 0 Å². The Morgan fingerprint density at radius 1 is 0.344 bits per heavy atom.